The lowest BCUT2D eigenvalue weighted by Crippen LogP contribution is -2.27. The Labute approximate surface area is 288 Å². The van der Waals surface area contributed by atoms with Crippen molar-refractivity contribution in [3.8, 4) is 23.0 Å². The quantitative estimate of drug-likeness (QED) is 0.181. The fraction of sp³-hybridized carbons (Fsp3) is 0.125. The highest BCUT2D eigenvalue weighted by atomic mass is 35.5. The van der Waals surface area contributed by atoms with Crippen LogP contribution in [0.2, 0.25) is 10.0 Å². The highest BCUT2D eigenvalue weighted by molar-refractivity contribution is 8.01. The van der Waals surface area contributed by atoms with Crippen LogP contribution in [-0.2, 0) is 9.59 Å². The van der Waals surface area contributed by atoms with Gasteiger partial charge in [-0.3, -0.25) is 19.4 Å². The second-order valence-electron chi connectivity index (χ2n) is 10.6. The molecule has 46 heavy (non-hydrogen) atoms. The number of hydrogen-bond acceptors (Lipinski definition) is 10. The van der Waals surface area contributed by atoms with Gasteiger partial charge in [-0.15, -0.1) is 46.2 Å². The molecule has 5 aromatic rings. The molecule has 2 atom stereocenters. The van der Waals surface area contributed by atoms with Crippen LogP contribution in [0, 0.1) is 0 Å². The molecule has 2 saturated heterocycles. The Balaban J connectivity index is 1.08. The molecule has 228 valence electrons. The first kappa shape index (κ1) is 28.7. The van der Waals surface area contributed by atoms with Gasteiger partial charge < -0.3 is 9.47 Å². The molecule has 8 nitrogen and oxygen atoms in total. The third kappa shape index (κ3) is 4.49. The lowest BCUT2D eigenvalue weighted by molar-refractivity contribution is -0.116. The smallest absolute Gasteiger partial charge is 0.238 e. The Hall–Kier alpha value is -3.52. The molecule has 2 aromatic heterocycles. The summed E-state index contributed by atoms with van der Waals surface area (Å²) >= 11 is 20.3. The van der Waals surface area contributed by atoms with Crippen molar-refractivity contribution in [3.63, 3.8) is 0 Å². The third-order valence-electron chi connectivity index (χ3n) is 7.89. The number of thiophene rings is 2. The molecule has 2 amide bonds. The van der Waals surface area contributed by atoms with Gasteiger partial charge in [-0.05, 0) is 47.2 Å². The Kier molecular flexibility index (Phi) is 6.88. The fourth-order valence-electron chi connectivity index (χ4n) is 5.81. The van der Waals surface area contributed by atoms with Gasteiger partial charge in [-0.25, -0.2) is 9.98 Å². The summed E-state index contributed by atoms with van der Waals surface area (Å²) < 4.78 is 12.7. The van der Waals surface area contributed by atoms with Crippen molar-refractivity contribution in [2.24, 2.45) is 9.98 Å². The molecule has 0 saturated carbocycles. The molecule has 14 heteroatoms. The number of carbonyl (C=O) groups is 2. The monoisotopic (exact) mass is 720 g/mol. The number of nitrogens with zero attached hydrogens (tertiary/aromatic N) is 4. The number of rotatable bonds is 4. The number of thioether (sulfide) groups is 2. The van der Waals surface area contributed by atoms with Crippen LogP contribution in [0.5, 0.6) is 23.0 Å². The molecule has 0 radical (unpaired) electrons. The second kappa shape index (κ2) is 11.0. The topological polar surface area (TPSA) is 83.8 Å². The van der Waals surface area contributed by atoms with Gasteiger partial charge in [0.25, 0.3) is 0 Å². The number of hydrogen-bond donors (Lipinski definition) is 0. The highest BCUT2D eigenvalue weighted by Gasteiger charge is 2.37. The van der Waals surface area contributed by atoms with E-state index in [0.717, 1.165) is 9.75 Å². The zero-order chi connectivity index (χ0) is 31.1. The summed E-state index contributed by atoms with van der Waals surface area (Å²) in [5.74, 6) is 2.28. The van der Waals surface area contributed by atoms with Crippen molar-refractivity contribution in [1.82, 2.24) is 0 Å². The van der Waals surface area contributed by atoms with Gasteiger partial charge in [-0.1, -0.05) is 35.3 Å². The molecule has 2 fully saturated rings. The van der Waals surface area contributed by atoms with Crippen LogP contribution in [0.3, 0.4) is 0 Å². The molecule has 0 bridgehead atoms. The SMILES string of the molecule is O=C1CSC(c2cccs2)N1c1ccc2c(c1)Oc1c(Cl)c3c(c(Cl)c1=N2)Oc1cc(N2C(=O)CSC2c2cccs2)ccc1N=3. The van der Waals surface area contributed by atoms with Gasteiger partial charge in [0.05, 0.1) is 11.5 Å². The summed E-state index contributed by atoms with van der Waals surface area (Å²) in [5, 5.41) is 4.87. The van der Waals surface area contributed by atoms with E-state index < -0.39 is 0 Å². The molecule has 2 unspecified atom stereocenters. The number of fused-ring (bicyclic) bond motifs is 4. The first-order chi connectivity index (χ1) is 22.4. The van der Waals surface area contributed by atoms with Gasteiger partial charge in [0.1, 0.15) is 42.9 Å². The summed E-state index contributed by atoms with van der Waals surface area (Å²) in [6.45, 7) is 0. The van der Waals surface area contributed by atoms with Crippen molar-refractivity contribution >= 4 is 104 Å². The molecule has 9 rings (SSSR count). The second-order valence-corrected chi connectivity index (χ2v) is 15.5. The van der Waals surface area contributed by atoms with Crippen molar-refractivity contribution < 1.29 is 19.1 Å². The van der Waals surface area contributed by atoms with Crippen molar-refractivity contribution in [1.29, 1.82) is 0 Å². The van der Waals surface area contributed by atoms with E-state index in [1.54, 1.807) is 68.1 Å². The Morgan fingerprint density at radius 2 is 1.13 bits per heavy atom. The predicted octanol–water partition coefficient (Wildman–Crippen LogP) is 8.79. The van der Waals surface area contributed by atoms with Gasteiger partial charge in [0.2, 0.25) is 11.8 Å². The minimum atomic E-state index is -0.108. The first-order valence-electron chi connectivity index (χ1n) is 14.0. The van der Waals surface area contributed by atoms with Crippen LogP contribution < -0.4 is 30.0 Å². The third-order valence-corrected chi connectivity index (χ3v) is 13.1. The zero-order valence-electron chi connectivity index (χ0n) is 23.3. The van der Waals surface area contributed by atoms with Crippen LogP contribution in [0.15, 0.2) is 81.4 Å². The van der Waals surface area contributed by atoms with Gasteiger partial charge >= 0.3 is 0 Å². The highest BCUT2D eigenvalue weighted by Crippen LogP contribution is 2.49. The van der Waals surface area contributed by atoms with Crippen LogP contribution in [0.1, 0.15) is 20.5 Å². The fourth-order valence-corrected chi connectivity index (χ4v) is 10.6. The van der Waals surface area contributed by atoms with Crippen LogP contribution in [0.4, 0.5) is 22.7 Å². The average Bonchev–Trinajstić information content (AvgIpc) is 3.90. The maximum Gasteiger partial charge on any atom is 0.238 e. The molecule has 3 aromatic carbocycles. The minimum Gasteiger partial charge on any atom is -0.451 e. The van der Waals surface area contributed by atoms with E-state index in [4.69, 9.17) is 42.7 Å². The van der Waals surface area contributed by atoms with Crippen LogP contribution in [0.25, 0.3) is 0 Å². The van der Waals surface area contributed by atoms with Gasteiger partial charge in [0, 0.05) is 33.3 Å². The average molecular weight is 722 g/mol. The largest absolute Gasteiger partial charge is 0.451 e. The van der Waals surface area contributed by atoms with E-state index in [2.05, 4.69) is 0 Å². The Bertz CT molecular complexity index is 2070. The molecule has 6 heterocycles. The van der Waals surface area contributed by atoms with E-state index in [0.29, 0.717) is 56.5 Å². The molecule has 4 aliphatic heterocycles. The Morgan fingerprint density at radius 1 is 0.674 bits per heavy atom. The number of benzene rings is 3. The molecule has 0 N–H and O–H groups in total. The summed E-state index contributed by atoms with van der Waals surface area (Å²) in [6, 6.07) is 19.0. The van der Waals surface area contributed by atoms with E-state index >= 15 is 0 Å². The molecule has 0 aliphatic carbocycles. The number of anilines is 2. The maximum atomic E-state index is 12.9. The van der Waals surface area contributed by atoms with Crippen molar-refractivity contribution in [3.05, 3.63) is 102 Å². The number of carbonyl (C=O) groups excluding carboxylic acids is 2. The number of halogens is 2. The zero-order valence-corrected chi connectivity index (χ0v) is 28.1. The van der Waals surface area contributed by atoms with Crippen LogP contribution >= 0.6 is 69.4 Å². The lowest BCUT2D eigenvalue weighted by Gasteiger charge is -2.26. The van der Waals surface area contributed by atoms with Gasteiger partial charge in [-0.2, -0.15) is 0 Å². The van der Waals surface area contributed by atoms with E-state index in [-0.39, 0.29) is 44.1 Å². The van der Waals surface area contributed by atoms with Crippen molar-refractivity contribution in [2.75, 3.05) is 21.3 Å². The normalized spacial score (nSPS) is 19.4. The lowest BCUT2D eigenvalue weighted by atomic mass is 10.1. The maximum absolute atomic E-state index is 12.9. The van der Waals surface area contributed by atoms with E-state index in [1.807, 2.05) is 59.3 Å². The molecule has 0 spiro atoms. The molecular weight excluding hydrogens is 704 g/mol. The number of ether oxygens (including phenoxy) is 2. The Morgan fingerprint density at radius 3 is 1.54 bits per heavy atom. The molecular formula is C32H18Cl2N4O4S4. The summed E-state index contributed by atoms with van der Waals surface area (Å²) in [4.78, 5) is 41.3. The first-order valence-corrected chi connectivity index (χ1v) is 18.6. The number of amides is 2. The summed E-state index contributed by atoms with van der Waals surface area (Å²) in [7, 11) is 0. The standard InChI is InChI=1S/C32H18Cl2N4O4S4/c33-25-28-30(42-20-12-16(6-8-18(20)36-28)38-24(40)14-46-32(38)22-4-2-10-44-22)26(34)27-29(25)41-19-11-15(5-7-17(19)35-27)37-23(39)13-45-31(37)21-3-1-9-43-21/h1-12,31-32H,13-14H2. The predicted molar refractivity (Wildman–Crippen MR) is 185 cm³/mol. The van der Waals surface area contributed by atoms with Gasteiger partial charge in [0.15, 0.2) is 23.0 Å². The summed E-state index contributed by atoms with van der Waals surface area (Å²) in [6.07, 6.45) is 0. The van der Waals surface area contributed by atoms with Crippen LogP contribution in [-0.4, -0.2) is 23.3 Å². The summed E-state index contributed by atoms with van der Waals surface area (Å²) in [5.41, 5.74) is 2.50. The minimum absolute atomic E-state index is 0.0271. The molecule has 4 aliphatic rings. The van der Waals surface area contributed by atoms with E-state index in [1.165, 1.54) is 0 Å². The van der Waals surface area contributed by atoms with E-state index in [9.17, 15) is 9.59 Å². The van der Waals surface area contributed by atoms with Crippen molar-refractivity contribution in [2.45, 2.75) is 10.7 Å².